The van der Waals surface area contributed by atoms with Crippen LogP contribution in [0.25, 0.3) is 0 Å². The zero-order chi connectivity index (χ0) is 14.7. The predicted octanol–water partition coefficient (Wildman–Crippen LogP) is 6.21. The fourth-order valence-corrected chi connectivity index (χ4v) is 4.10. The van der Waals surface area contributed by atoms with Gasteiger partial charge in [-0.15, -0.1) is 11.3 Å². The summed E-state index contributed by atoms with van der Waals surface area (Å²) in [6.07, 6.45) is 1.07. The highest BCUT2D eigenvalue weighted by Gasteiger charge is 2.20. The number of halogens is 3. The van der Waals surface area contributed by atoms with Crippen LogP contribution in [-0.4, -0.2) is 6.54 Å². The molecule has 20 heavy (non-hydrogen) atoms. The van der Waals surface area contributed by atoms with Gasteiger partial charge in [0.2, 0.25) is 0 Å². The molecule has 0 saturated heterocycles. The van der Waals surface area contributed by atoms with Crippen molar-refractivity contribution in [3.8, 4) is 0 Å². The summed E-state index contributed by atoms with van der Waals surface area (Å²) in [5.41, 5.74) is 2.27. The van der Waals surface area contributed by atoms with E-state index in [0.29, 0.717) is 10.0 Å². The number of thiophene rings is 1. The van der Waals surface area contributed by atoms with Gasteiger partial charge >= 0.3 is 0 Å². The van der Waals surface area contributed by atoms with Crippen molar-refractivity contribution >= 4 is 50.5 Å². The van der Waals surface area contributed by atoms with Gasteiger partial charge in [0.1, 0.15) is 0 Å². The third-order valence-electron chi connectivity index (χ3n) is 3.05. The minimum Gasteiger partial charge on any atom is -0.306 e. The molecule has 1 N–H and O–H groups in total. The van der Waals surface area contributed by atoms with E-state index in [1.807, 2.05) is 18.2 Å². The van der Waals surface area contributed by atoms with Crippen LogP contribution in [0.5, 0.6) is 0 Å². The number of hydrogen-bond acceptors (Lipinski definition) is 2. The molecule has 2 rings (SSSR count). The summed E-state index contributed by atoms with van der Waals surface area (Å²) in [4.78, 5) is 1.24. The monoisotopic (exact) mass is 391 g/mol. The summed E-state index contributed by atoms with van der Waals surface area (Å²) in [6, 6.07) is 8.07. The minimum atomic E-state index is 0.0798. The Morgan fingerprint density at radius 1 is 1.35 bits per heavy atom. The van der Waals surface area contributed by atoms with Crippen molar-refractivity contribution in [2.75, 3.05) is 6.54 Å². The smallest absolute Gasteiger partial charge is 0.0731 e. The van der Waals surface area contributed by atoms with Gasteiger partial charge in [-0.3, -0.25) is 0 Å². The Morgan fingerprint density at radius 3 is 2.70 bits per heavy atom. The normalized spacial score (nSPS) is 12.7. The number of benzene rings is 1. The van der Waals surface area contributed by atoms with Crippen molar-refractivity contribution in [1.29, 1.82) is 0 Å². The van der Waals surface area contributed by atoms with Crippen LogP contribution in [0.15, 0.2) is 28.1 Å². The van der Waals surface area contributed by atoms with Crippen molar-refractivity contribution in [1.82, 2.24) is 5.32 Å². The number of nitrogens with one attached hydrogen (secondary N) is 1. The van der Waals surface area contributed by atoms with E-state index in [1.165, 1.54) is 10.4 Å². The molecule has 1 atom stereocenters. The quantitative estimate of drug-likeness (QED) is 0.637. The first-order valence-electron chi connectivity index (χ1n) is 6.47. The molecule has 0 fully saturated rings. The van der Waals surface area contributed by atoms with Crippen molar-refractivity contribution in [2.24, 2.45) is 0 Å². The molecular weight excluding hydrogens is 377 g/mol. The van der Waals surface area contributed by atoms with E-state index in [9.17, 15) is 0 Å². The fourth-order valence-electron chi connectivity index (χ4n) is 2.02. The number of rotatable bonds is 5. The highest BCUT2D eigenvalue weighted by molar-refractivity contribution is 9.11. The molecule has 1 aromatic carbocycles. The zero-order valence-corrected chi connectivity index (χ0v) is 15.3. The summed E-state index contributed by atoms with van der Waals surface area (Å²) >= 11 is 17.9. The van der Waals surface area contributed by atoms with Crippen molar-refractivity contribution in [3.63, 3.8) is 0 Å². The van der Waals surface area contributed by atoms with E-state index in [2.05, 4.69) is 41.2 Å². The molecule has 1 heterocycles. The Kier molecular flexibility index (Phi) is 5.94. The number of hydrogen-bond donors (Lipinski definition) is 1. The van der Waals surface area contributed by atoms with E-state index in [4.69, 9.17) is 23.2 Å². The summed E-state index contributed by atoms with van der Waals surface area (Å²) in [5.74, 6) is 0. The summed E-state index contributed by atoms with van der Waals surface area (Å²) in [5, 5.41) is 4.78. The fraction of sp³-hybridized carbons (Fsp3) is 0.333. The summed E-state index contributed by atoms with van der Waals surface area (Å²) < 4.78 is 1.16. The van der Waals surface area contributed by atoms with Gasteiger partial charge in [-0.1, -0.05) is 42.3 Å². The standard InChI is InChI=1S/C15H16BrCl2NS/c1-3-7-19-14(12-8-9(2)15(16)20-12)10-5-4-6-11(17)13(10)18/h4-6,8,14,19H,3,7H2,1-2H3. The molecule has 0 saturated carbocycles. The minimum absolute atomic E-state index is 0.0798. The van der Waals surface area contributed by atoms with Crippen molar-refractivity contribution in [3.05, 3.63) is 54.1 Å². The highest BCUT2D eigenvalue weighted by Crippen LogP contribution is 2.38. The van der Waals surface area contributed by atoms with Crippen LogP contribution in [0.2, 0.25) is 10.0 Å². The highest BCUT2D eigenvalue weighted by atomic mass is 79.9. The van der Waals surface area contributed by atoms with E-state index < -0.39 is 0 Å². The molecule has 1 aromatic heterocycles. The Hall–Kier alpha value is -0.0600. The maximum absolute atomic E-state index is 6.38. The second-order valence-electron chi connectivity index (χ2n) is 4.64. The van der Waals surface area contributed by atoms with Gasteiger partial charge in [-0.2, -0.15) is 0 Å². The van der Waals surface area contributed by atoms with Gasteiger partial charge in [0.15, 0.2) is 0 Å². The molecule has 0 aliphatic rings. The molecule has 108 valence electrons. The first kappa shape index (κ1) is 16.3. The molecule has 0 aliphatic heterocycles. The van der Waals surface area contributed by atoms with E-state index in [0.717, 1.165) is 22.3 Å². The van der Waals surface area contributed by atoms with Gasteiger partial charge in [-0.25, -0.2) is 0 Å². The Labute approximate surface area is 142 Å². The predicted molar refractivity (Wildman–Crippen MR) is 93.4 cm³/mol. The molecule has 0 bridgehead atoms. The maximum atomic E-state index is 6.38. The van der Waals surface area contributed by atoms with Gasteiger partial charge in [0.25, 0.3) is 0 Å². The largest absolute Gasteiger partial charge is 0.306 e. The third-order valence-corrected chi connectivity index (χ3v) is 6.09. The lowest BCUT2D eigenvalue weighted by Gasteiger charge is -2.19. The molecule has 1 nitrogen and oxygen atoms in total. The average Bonchev–Trinajstić information content (AvgIpc) is 2.74. The van der Waals surface area contributed by atoms with Crippen LogP contribution in [-0.2, 0) is 0 Å². The summed E-state index contributed by atoms with van der Waals surface area (Å²) in [7, 11) is 0. The second kappa shape index (κ2) is 7.28. The van der Waals surface area contributed by atoms with Gasteiger partial charge in [-0.05, 0) is 59.1 Å². The number of aryl methyl sites for hydroxylation is 1. The van der Waals surface area contributed by atoms with E-state index in [1.54, 1.807) is 11.3 Å². The maximum Gasteiger partial charge on any atom is 0.0731 e. The topological polar surface area (TPSA) is 12.0 Å². The second-order valence-corrected chi connectivity index (χ2v) is 7.82. The molecule has 2 aromatic rings. The average molecular weight is 393 g/mol. The van der Waals surface area contributed by atoms with E-state index >= 15 is 0 Å². The van der Waals surface area contributed by atoms with E-state index in [-0.39, 0.29) is 6.04 Å². The lowest BCUT2D eigenvalue weighted by molar-refractivity contribution is 0.606. The van der Waals surface area contributed by atoms with Crippen molar-refractivity contribution < 1.29 is 0 Å². The van der Waals surface area contributed by atoms with Gasteiger partial charge in [0, 0.05) is 4.88 Å². The van der Waals surface area contributed by atoms with Gasteiger partial charge in [0.05, 0.1) is 19.9 Å². The first-order chi connectivity index (χ1) is 9.54. The van der Waals surface area contributed by atoms with Crippen LogP contribution >= 0.6 is 50.5 Å². The molecule has 0 spiro atoms. The third kappa shape index (κ3) is 3.58. The SMILES string of the molecule is CCCNC(c1cc(C)c(Br)s1)c1cccc(Cl)c1Cl. The van der Waals surface area contributed by atoms with Crippen LogP contribution in [0.1, 0.15) is 35.4 Å². The molecule has 5 heteroatoms. The molecular formula is C15H16BrCl2NS. The first-order valence-corrected chi connectivity index (χ1v) is 8.84. The Bertz CT molecular complexity index is 578. The molecule has 0 radical (unpaired) electrons. The molecule has 1 unspecified atom stereocenters. The molecule has 0 aliphatic carbocycles. The van der Waals surface area contributed by atoms with Crippen LogP contribution in [0, 0.1) is 6.92 Å². The Morgan fingerprint density at radius 2 is 2.10 bits per heavy atom. The van der Waals surface area contributed by atoms with Crippen LogP contribution < -0.4 is 5.32 Å². The van der Waals surface area contributed by atoms with Crippen molar-refractivity contribution in [2.45, 2.75) is 26.3 Å². The zero-order valence-electron chi connectivity index (χ0n) is 11.3. The summed E-state index contributed by atoms with van der Waals surface area (Å²) in [6.45, 7) is 5.18. The van der Waals surface area contributed by atoms with Crippen LogP contribution in [0.4, 0.5) is 0 Å². The lowest BCUT2D eigenvalue weighted by atomic mass is 10.0. The molecule has 0 amide bonds. The Balaban J connectivity index is 2.44. The van der Waals surface area contributed by atoms with Gasteiger partial charge < -0.3 is 5.32 Å². The lowest BCUT2D eigenvalue weighted by Crippen LogP contribution is -2.22. The van der Waals surface area contributed by atoms with Crippen LogP contribution in [0.3, 0.4) is 0 Å².